The first-order chi connectivity index (χ1) is 13.8. The van der Waals surface area contributed by atoms with Crippen LogP contribution < -0.4 is 11.5 Å². The normalized spacial score (nSPS) is 6.86. The van der Waals surface area contributed by atoms with Crippen LogP contribution in [0.3, 0.4) is 0 Å². The monoisotopic (exact) mass is 388 g/mol. The molecule has 158 valence electrons. The largest absolute Gasteiger partial charge is 0.388 e. The molecule has 0 radical (unpaired) electrons. The van der Waals surface area contributed by atoms with E-state index in [1.807, 2.05) is 109 Å². The minimum atomic E-state index is 1.50. The van der Waals surface area contributed by atoms with Gasteiger partial charge in [0.15, 0.2) is 0 Å². The molecular formula is C24H40N2O2. The predicted molar refractivity (Wildman–Crippen MR) is 125 cm³/mol. The zero-order valence-electron chi connectivity index (χ0n) is 18.4. The van der Waals surface area contributed by atoms with Crippen molar-refractivity contribution in [3.05, 3.63) is 109 Å². The van der Waals surface area contributed by atoms with E-state index < -0.39 is 0 Å². The standard InChI is InChI=1S/3C6H6.2C2H6O.2CH5N/c3*1-2-4-6-5-3-1;2*1-3-2;2*1-2/h3*1-6H;2*1-2H3;2*2H2,1H3. The van der Waals surface area contributed by atoms with Crippen molar-refractivity contribution >= 4 is 0 Å². The Kier molecular flexibility index (Phi) is 52.2. The molecule has 0 saturated carbocycles. The van der Waals surface area contributed by atoms with Gasteiger partial charge in [-0.25, -0.2) is 0 Å². The van der Waals surface area contributed by atoms with Crippen LogP contribution in [0.5, 0.6) is 0 Å². The Balaban J connectivity index is -0.000000127. The van der Waals surface area contributed by atoms with Gasteiger partial charge in [-0.3, -0.25) is 0 Å². The first-order valence-electron chi connectivity index (χ1n) is 8.79. The number of nitrogens with two attached hydrogens (primary N) is 2. The Labute approximate surface area is 173 Å². The molecule has 3 aromatic carbocycles. The van der Waals surface area contributed by atoms with Gasteiger partial charge in [0.25, 0.3) is 0 Å². The Hall–Kier alpha value is -2.50. The summed E-state index contributed by atoms with van der Waals surface area (Å²) in [6, 6.07) is 36.0. The van der Waals surface area contributed by atoms with Crippen LogP contribution in [0.15, 0.2) is 109 Å². The van der Waals surface area contributed by atoms with E-state index in [0.29, 0.717) is 0 Å². The molecule has 4 heteroatoms. The lowest BCUT2D eigenvalue weighted by Crippen LogP contribution is -1.69. The van der Waals surface area contributed by atoms with Crippen LogP contribution in [0.2, 0.25) is 0 Å². The second-order valence-corrected chi connectivity index (χ2v) is 4.28. The van der Waals surface area contributed by atoms with Gasteiger partial charge in [0.2, 0.25) is 0 Å². The summed E-state index contributed by atoms with van der Waals surface area (Å²) < 4.78 is 8.50. The third kappa shape index (κ3) is 49.5. The lowest BCUT2D eigenvalue weighted by molar-refractivity contribution is 0.277. The second kappa shape index (κ2) is 44.2. The molecule has 28 heavy (non-hydrogen) atoms. The van der Waals surface area contributed by atoms with Crippen LogP contribution in [0.1, 0.15) is 0 Å². The van der Waals surface area contributed by atoms with Crippen LogP contribution in [-0.2, 0) is 9.47 Å². The van der Waals surface area contributed by atoms with Crippen molar-refractivity contribution in [2.45, 2.75) is 0 Å². The Morgan fingerprint density at radius 3 is 0.357 bits per heavy atom. The third-order valence-electron chi connectivity index (χ3n) is 2.00. The molecule has 0 fully saturated rings. The van der Waals surface area contributed by atoms with E-state index in [0.717, 1.165) is 0 Å². The SMILES string of the molecule is CN.CN.COC.COC.c1ccccc1.c1ccccc1.c1ccccc1. The number of methoxy groups -OCH3 is 2. The fourth-order valence-electron chi connectivity index (χ4n) is 1.15. The van der Waals surface area contributed by atoms with Gasteiger partial charge in [0.05, 0.1) is 0 Å². The minimum Gasteiger partial charge on any atom is -0.388 e. The van der Waals surface area contributed by atoms with Gasteiger partial charge in [-0.1, -0.05) is 109 Å². The maximum Gasteiger partial charge on any atom is 0.0351 e. The van der Waals surface area contributed by atoms with Crippen molar-refractivity contribution < 1.29 is 9.47 Å². The third-order valence-corrected chi connectivity index (χ3v) is 2.00. The molecule has 0 atom stereocenters. The van der Waals surface area contributed by atoms with Gasteiger partial charge in [0, 0.05) is 28.4 Å². The van der Waals surface area contributed by atoms with E-state index in [1.54, 1.807) is 28.4 Å². The van der Waals surface area contributed by atoms with E-state index in [2.05, 4.69) is 20.9 Å². The van der Waals surface area contributed by atoms with Crippen LogP contribution in [-0.4, -0.2) is 42.5 Å². The smallest absolute Gasteiger partial charge is 0.0351 e. The average Bonchev–Trinajstić information content (AvgIpc) is 2.82. The topological polar surface area (TPSA) is 70.5 Å². The average molecular weight is 389 g/mol. The number of rotatable bonds is 0. The Morgan fingerprint density at radius 1 is 0.286 bits per heavy atom. The zero-order valence-corrected chi connectivity index (χ0v) is 18.4. The maximum absolute atomic E-state index is 4.50. The summed E-state index contributed by atoms with van der Waals surface area (Å²) in [6.07, 6.45) is 0. The lowest BCUT2D eigenvalue weighted by atomic mass is 10.4. The number of ether oxygens (including phenoxy) is 2. The molecule has 0 aromatic heterocycles. The Morgan fingerprint density at radius 2 is 0.321 bits per heavy atom. The molecule has 0 bridgehead atoms. The van der Waals surface area contributed by atoms with Gasteiger partial charge in [-0.2, -0.15) is 0 Å². The van der Waals surface area contributed by atoms with Gasteiger partial charge in [-0.05, 0) is 14.1 Å². The van der Waals surface area contributed by atoms with E-state index in [9.17, 15) is 0 Å². The summed E-state index contributed by atoms with van der Waals surface area (Å²) in [5.74, 6) is 0. The highest BCUT2D eigenvalue weighted by Crippen LogP contribution is 1.81. The van der Waals surface area contributed by atoms with Crippen LogP contribution >= 0.6 is 0 Å². The molecule has 3 rings (SSSR count). The minimum absolute atomic E-state index is 1.50. The summed E-state index contributed by atoms with van der Waals surface area (Å²) in [5.41, 5.74) is 9.00. The van der Waals surface area contributed by atoms with Crippen LogP contribution in [0.4, 0.5) is 0 Å². The number of hydrogen-bond donors (Lipinski definition) is 2. The van der Waals surface area contributed by atoms with Crippen molar-refractivity contribution in [3.8, 4) is 0 Å². The first kappa shape index (κ1) is 33.1. The first-order valence-corrected chi connectivity index (χ1v) is 8.79. The fourth-order valence-corrected chi connectivity index (χ4v) is 1.15. The van der Waals surface area contributed by atoms with Crippen molar-refractivity contribution in [3.63, 3.8) is 0 Å². The molecule has 0 aliphatic carbocycles. The van der Waals surface area contributed by atoms with Gasteiger partial charge in [-0.15, -0.1) is 0 Å². The van der Waals surface area contributed by atoms with Crippen molar-refractivity contribution in [2.75, 3.05) is 42.5 Å². The molecule has 4 N–H and O–H groups in total. The molecule has 0 spiro atoms. The highest BCUT2D eigenvalue weighted by atomic mass is 16.5. The molecule has 0 saturated heterocycles. The molecule has 0 amide bonds. The van der Waals surface area contributed by atoms with Gasteiger partial charge < -0.3 is 20.9 Å². The summed E-state index contributed by atoms with van der Waals surface area (Å²) >= 11 is 0. The molecule has 0 heterocycles. The van der Waals surface area contributed by atoms with E-state index >= 15 is 0 Å². The van der Waals surface area contributed by atoms with E-state index in [4.69, 9.17) is 0 Å². The molecule has 3 aromatic rings. The predicted octanol–water partition coefficient (Wildman–Crippen LogP) is 4.73. The lowest BCUT2D eigenvalue weighted by Gasteiger charge is -1.69. The van der Waals surface area contributed by atoms with Gasteiger partial charge >= 0.3 is 0 Å². The quantitative estimate of drug-likeness (QED) is 0.584. The highest BCUT2D eigenvalue weighted by Gasteiger charge is 1.59. The van der Waals surface area contributed by atoms with E-state index in [-0.39, 0.29) is 0 Å². The fraction of sp³-hybridized carbons (Fsp3) is 0.250. The molecule has 4 nitrogen and oxygen atoms in total. The Bertz CT molecular complexity index is 337. The van der Waals surface area contributed by atoms with Crippen molar-refractivity contribution in [1.29, 1.82) is 0 Å². The van der Waals surface area contributed by atoms with Crippen LogP contribution in [0.25, 0.3) is 0 Å². The summed E-state index contributed by atoms with van der Waals surface area (Å²) in [7, 11) is 9.50. The van der Waals surface area contributed by atoms with Crippen molar-refractivity contribution in [2.24, 2.45) is 11.5 Å². The summed E-state index contributed by atoms with van der Waals surface area (Å²) in [6.45, 7) is 0. The van der Waals surface area contributed by atoms with Crippen molar-refractivity contribution in [1.82, 2.24) is 0 Å². The van der Waals surface area contributed by atoms with E-state index in [1.165, 1.54) is 14.1 Å². The number of benzene rings is 3. The molecule has 0 unspecified atom stereocenters. The number of hydrogen-bond acceptors (Lipinski definition) is 4. The molecule has 0 aliphatic rings. The van der Waals surface area contributed by atoms with Crippen LogP contribution in [0, 0.1) is 0 Å². The summed E-state index contributed by atoms with van der Waals surface area (Å²) in [4.78, 5) is 0. The molecule has 0 aliphatic heterocycles. The maximum atomic E-state index is 4.50. The van der Waals surface area contributed by atoms with Gasteiger partial charge in [0.1, 0.15) is 0 Å². The summed E-state index contributed by atoms with van der Waals surface area (Å²) in [5, 5.41) is 0. The molecular weight excluding hydrogens is 348 g/mol. The highest BCUT2D eigenvalue weighted by molar-refractivity contribution is 5.00. The second-order valence-electron chi connectivity index (χ2n) is 4.28. The zero-order chi connectivity index (χ0) is 22.1.